The molecule has 0 saturated carbocycles. The Morgan fingerprint density at radius 2 is 1.96 bits per heavy atom. The molecule has 1 aromatic heterocycles. The molecular formula is C17H20N4O2. The number of imidazole rings is 1. The van der Waals surface area contributed by atoms with Gasteiger partial charge in [-0.15, -0.1) is 0 Å². The van der Waals surface area contributed by atoms with Crippen LogP contribution in [0.2, 0.25) is 0 Å². The van der Waals surface area contributed by atoms with Crippen molar-refractivity contribution >= 4 is 22.8 Å². The summed E-state index contributed by atoms with van der Waals surface area (Å²) in [6.45, 7) is 2.13. The third-order valence-electron chi connectivity index (χ3n) is 4.96. The van der Waals surface area contributed by atoms with Crippen LogP contribution in [0, 0.1) is 0 Å². The van der Waals surface area contributed by atoms with Gasteiger partial charge in [-0.3, -0.25) is 14.9 Å². The van der Waals surface area contributed by atoms with Gasteiger partial charge in [-0.1, -0.05) is 6.07 Å². The first-order valence-corrected chi connectivity index (χ1v) is 8.23. The first-order valence-electron chi connectivity index (χ1n) is 8.23. The largest absolute Gasteiger partial charge is 0.318 e. The van der Waals surface area contributed by atoms with Crippen LogP contribution in [-0.2, 0) is 9.59 Å². The van der Waals surface area contributed by atoms with Gasteiger partial charge in [0.15, 0.2) is 0 Å². The van der Waals surface area contributed by atoms with Gasteiger partial charge in [0, 0.05) is 6.42 Å². The summed E-state index contributed by atoms with van der Waals surface area (Å²) in [5, 5.41) is 5.80. The Morgan fingerprint density at radius 3 is 2.74 bits per heavy atom. The number of carbonyl (C=O) groups excluding carboxylic acids is 2. The van der Waals surface area contributed by atoms with Crippen LogP contribution in [0.5, 0.6) is 0 Å². The van der Waals surface area contributed by atoms with Crippen molar-refractivity contribution in [3.05, 3.63) is 30.1 Å². The van der Waals surface area contributed by atoms with E-state index in [2.05, 4.69) is 33.8 Å². The fraction of sp³-hybridized carbons (Fsp3) is 0.471. The molecule has 0 aliphatic carbocycles. The lowest BCUT2D eigenvalue weighted by atomic mass is 9.90. The monoisotopic (exact) mass is 312 g/mol. The summed E-state index contributed by atoms with van der Waals surface area (Å²) in [6, 6.07) is 6.02. The summed E-state index contributed by atoms with van der Waals surface area (Å²) in [6.07, 6.45) is 4.94. The molecular weight excluding hydrogens is 292 g/mol. The third-order valence-corrected chi connectivity index (χ3v) is 4.96. The summed E-state index contributed by atoms with van der Waals surface area (Å²) in [7, 11) is 0. The predicted molar refractivity (Wildman–Crippen MR) is 86.0 cm³/mol. The third kappa shape index (κ3) is 2.63. The molecule has 2 fully saturated rings. The molecule has 0 spiro atoms. The van der Waals surface area contributed by atoms with Crippen LogP contribution in [0.25, 0.3) is 11.0 Å². The van der Waals surface area contributed by atoms with Crippen molar-refractivity contribution in [2.45, 2.75) is 37.6 Å². The molecule has 23 heavy (non-hydrogen) atoms. The second-order valence-corrected chi connectivity index (χ2v) is 6.39. The maximum atomic E-state index is 12.1. The summed E-state index contributed by atoms with van der Waals surface area (Å²) >= 11 is 0. The van der Waals surface area contributed by atoms with E-state index in [0.717, 1.165) is 37.0 Å². The molecule has 2 aliphatic rings. The van der Waals surface area contributed by atoms with Crippen LogP contribution >= 0.6 is 0 Å². The van der Waals surface area contributed by atoms with Crippen molar-refractivity contribution in [2.24, 2.45) is 0 Å². The Bertz CT molecular complexity index is 761. The average Bonchev–Trinajstić information content (AvgIpc) is 2.99. The molecule has 2 amide bonds. The van der Waals surface area contributed by atoms with Gasteiger partial charge in [-0.25, -0.2) is 4.98 Å². The van der Waals surface area contributed by atoms with E-state index in [1.807, 2.05) is 4.57 Å². The van der Waals surface area contributed by atoms with Crippen LogP contribution in [0.4, 0.5) is 0 Å². The second-order valence-electron chi connectivity index (χ2n) is 6.39. The number of nitrogens with zero attached hydrogens (tertiary/aromatic N) is 2. The van der Waals surface area contributed by atoms with Crippen molar-refractivity contribution < 1.29 is 9.59 Å². The van der Waals surface area contributed by atoms with Gasteiger partial charge in [0.25, 0.3) is 0 Å². The van der Waals surface area contributed by atoms with Gasteiger partial charge < -0.3 is 9.88 Å². The smallest absolute Gasteiger partial charge is 0.249 e. The Morgan fingerprint density at radius 1 is 1.13 bits per heavy atom. The van der Waals surface area contributed by atoms with Crippen LogP contribution in [0.3, 0.4) is 0 Å². The standard InChI is InChI=1S/C17H20N4O2/c22-16-4-3-15(17(23)20-16)21-10-19-13-9-12(1-2-14(13)21)11-5-7-18-8-6-11/h1-2,9-11,15,18H,3-8H2,(H,20,22,23). The zero-order valence-corrected chi connectivity index (χ0v) is 12.9. The molecule has 2 N–H and O–H groups in total. The fourth-order valence-corrected chi connectivity index (χ4v) is 3.65. The lowest BCUT2D eigenvalue weighted by Crippen LogP contribution is -2.41. The highest BCUT2D eigenvalue weighted by molar-refractivity contribution is 6.00. The molecule has 2 saturated heterocycles. The highest BCUT2D eigenvalue weighted by Crippen LogP contribution is 2.29. The summed E-state index contributed by atoms with van der Waals surface area (Å²) in [5.41, 5.74) is 3.20. The summed E-state index contributed by atoms with van der Waals surface area (Å²) < 4.78 is 1.89. The van der Waals surface area contributed by atoms with E-state index in [9.17, 15) is 9.59 Å². The zero-order chi connectivity index (χ0) is 15.8. The quantitative estimate of drug-likeness (QED) is 0.824. The molecule has 6 heteroatoms. The maximum absolute atomic E-state index is 12.1. The fourth-order valence-electron chi connectivity index (χ4n) is 3.65. The number of hydrogen-bond donors (Lipinski definition) is 2. The molecule has 4 rings (SSSR count). The molecule has 6 nitrogen and oxygen atoms in total. The van der Waals surface area contributed by atoms with Crippen LogP contribution in [0.15, 0.2) is 24.5 Å². The van der Waals surface area contributed by atoms with Crippen molar-refractivity contribution in [1.29, 1.82) is 0 Å². The normalized spacial score (nSPS) is 23.2. The number of piperidine rings is 2. The Hall–Kier alpha value is -2.21. The minimum Gasteiger partial charge on any atom is -0.318 e. The maximum Gasteiger partial charge on any atom is 0.249 e. The van der Waals surface area contributed by atoms with Gasteiger partial charge in [0.1, 0.15) is 6.04 Å². The van der Waals surface area contributed by atoms with E-state index in [4.69, 9.17) is 0 Å². The predicted octanol–water partition coefficient (Wildman–Crippen LogP) is 1.48. The first kappa shape index (κ1) is 14.4. The average molecular weight is 312 g/mol. The Labute approximate surface area is 134 Å². The summed E-state index contributed by atoms with van der Waals surface area (Å²) in [5.74, 6) is 0.160. The van der Waals surface area contributed by atoms with Crippen LogP contribution in [-0.4, -0.2) is 34.5 Å². The lowest BCUT2D eigenvalue weighted by Gasteiger charge is -2.24. The van der Waals surface area contributed by atoms with Crippen LogP contribution < -0.4 is 10.6 Å². The number of benzene rings is 1. The Balaban J connectivity index is 1.65. The number of nitrogens with one attached hydrogen (secondary N) is 2. The van der Waals surface area contributed by atoms with E-state index < -0.39 is 0 Å². The lowest BCUT2D eigenvalue weighted by molar-refractivity contribution is -0.135. The molecule has 1 unspecified atom stereocenters. The highest BCUT2D eigenvalue weighted by atomic mass is 16.2. The molecule has 3 heterocycles. The number of fused-ring (bicyclic) bond motifs is 1. The first-order chi connectivity index (χ1) is 11.2. The number of rotatable bonds is 2. The van der Waals surface area contributed by atoms with Crippen molar-refractivity contribution in [3.63, 3.8) is 0 Å². The zero-order valence-electron chi connectivity index (χ0n) is 12.9. The topological polar surface area (TPSA) is 76.0 Å². The van der Waals surface area contributed by atoms with Crippen molar-refractivity contribution in [2.75, 3.05) is 13.1 Å². The van der Waals surface area contributed by atoms with E-state index >= 15 is 0 Å². The Kier molecular flexibility index (Phi) is 3.61. The number of hydrogen-bond acceptors (Lipinski definition) is 4. The van der Waals surface area contributed by atoms with Crippen molar-refractivity contribution in [3.8, 4) is 0 Å². The summed E-state index contributed by atoms with van der Waals surface area (Å²) in [4.78, 5) is 27.9. The number of imide groups is 1. The van der Waals surface area contributed by atoms with Gasteiger partial charge in [-0.2, -0.15) is 0 Å². The van der Waals surface area contributed by atoms with Gasteiger partial charge >= 0.3 is 0 Å². The second kappa shape index (κ2) is 5.77. The minimum absolute atomic E-state index is 0.191. The molecule has 1 aromatic carbocycles. The van der Waals surface area contributed by atoms with Gasteiger partial charge in [-0.05, 0) is 56.0 Å². The van der Waals surface area contributed by atoms with E-state index in [0.29, 0.717) is 18.8 Å². The molecule has 0 bridgehead atoms. The van der Waals surface area contributed by atoms with E-state index in [1.54, 1.807) is 6.33 Å². The SMILES string of the molecule is O=C1CCC(n2cnc3cc(C4CCNCC4)ccc32)C(=O)N1. The van der Waals surface area contributed by atoms with Crippen LogP contribution in [0.1, 0.15) is 43.2 Å². The molecule has 120 valence electrons. The number of amides is 2. The molecule has 1 atom stereocenters. The van der Waals surface area contributed by atoms with Gasteiger partial charge in [0.2, 0.25) is 11.8 Å². The molecule has 2 aromatic rings. The van der Waals surface area contributed by atoms with Gasteiger partial charge in [0.05, 0.1) is 17.4 Å². The number of aromatic nitrogens is 2. The van der Waals surface area contributed by atoms with E-state index in [1.165, 1.54) is 5.56 Å². The highest BCUT2D eigenvalue weighted by Gasteiger charge is 2.29. The van der Waals surface area contributed by atoms with Crippen molar-refractivity contribution in [1.82, 2.24) is 20.2 Å². The minimum atomic E-state index is -0.345. The molecule has 0 radical (unpaired) electrons. The number of carbonyl (C=O) groups is 2. The van der Waals surface area contributed by atoms with E-state index in [-0.39, 0.29) is 17.9 Å². The molecule has 2 aliphatic heterocycles.